The number of nitrogens with zero attached hydrogens (tertiary/aromatic N) is 2. The van der Waals surface area contributed by atoms with Crippen LogP contribution in [0.5, 0.6) is 0 Å². The zero-order chi connectivity index (χ0) is 49.7. The Balaban J connectivity index is 0.690. The van der Waals surface area contributed by atoms with Gasteiger partial charge in [0.05, 0.1) is 62.2 Å². The molecule has 2 saturated heterocycles. The van der Waals surface area contributed by atoms with Crippen molar-refractivity contribution < 1.29 is 87.4 Å². The van der Waals surface area contributed by atoms with Gasteiger partial charge in [-0.15, -0.1) is 0 Å². The molecule has 370 valence electrons. The number of unbranched alkanes of at least 4 members (excludes halogenated alkanes) is 6. The normalized spacial score (nSPS) is 15.9. The van der Waals surface area contributed by atoms with Gasteiger partial charge in [-0.05, 0) is 49.9 Å². The summed E-state index contributed by atoms with van der Waals surface area (Å²) in [6.45, 7) is 0.346. The highest BCUT2D eigenvalue weighted by atomic mass is 33.1. The lowest BCUT2D eigenvalue weighted by Gasteiger charge is -2.31. The molecular weight excluding hydrogens is 965 g/mol. The number of Topliss-reactive ketones (excluding diaryl/α,β-unsaturated/α-hetero) is 2. The second-order valence-electron chi connectivity index (χ2n) is 16.0. The van der Waals surface area contributed by atoms with E-state index < -0.39 is 92.7 Å². The molecule has 4 aromatic heterocycles. The highest BCUT2D eigenvalue weighted by molar-refractivity contribution is 8.76. The number of H-pyrrole nitrogens is 2. The maximum absolute atomic E-state index is 13.7. The molecule has 0 unspecified atom stereocenters. The third-order valence-electron chi connectivity index (χ3n) is 11.5. The van der Waals surface area contributed by atoms with Gasteiger partial charge in [0.2, 0.25) is 11.6 Å². The van der Waals surface area contributed by atoms with Crippen molar-refractivity contribution in [1.29, 1.82) is 0 Å². The Kier molecular flexibility index (Phi) is 15.1. The number of carboxylic acid groups (broad SMARTS) is 4. The first kappa shape index (κ1) is 49.9. The van der Waals surface area contributed by atoms with Gasteiger partial charge in [0.25, 0.3) is 23.4 Å². The Labute approximate surface area is 403 Å². The van der Waals surface area contributed by atoms with Gasteiger partial charge in [0.15, 0.2) is 0 Å². The summed E-state index contributed by atoms with van der Waals surface area (Å²) in [6, 6.07) is 4.26. The summed E-state index contributed by atoms with van der Waals surface area (Å²) >= 11 is 0. The summed E-state index contributed by atoms with van der Waals surface area (Å²) in [7, 11) is 3.53. The van der Waals surface area contributed by atoms with Crippen molar-refractivity contribution in [3.05, 3.63) is 80.7 Å². The van der Waals surface area contributed by atoms with Crippen molar-refractivity contribution in [2.75, 3.05) is 51.1 Å². The number of hydrogen-bond donors (Lipinski definition) is 8. The maximum atomic E-state index is 13.7. The number of aromatic nitrogens is 4. The van der Waals surface area contributed by atoms with Crippen LogP contribution in [0.1, 0.15) is 146 Å². The quantitative estimate of drug-likeness (QED) is 0.0286. The van der Waals surface area contributed by atoms with Gasteiger partial charge in [-0.3, -0.25) is 28.9 Å². The number of fused-ring (bicyclic) bond motifs is 8. The Morgan fingerprint density at radius 3 is 1.29 bits per heavy atom. The van der Waals surface area contributed by atoms with E-state index >= 15 is 0 Å². The Hall–Kier alpha value is -6.52. The van der Waals surface area contributed by atoms with Crippen molar-refractivity contribution in [1.82, 2.24) is 30.9 Å². The number of nitrogens with one attached hydrogen (secondary N) is 4. The van der Waals surface area contributed by atoms with Crippen LogP contribution >= 0.6 is 21.6 Å². The zero-order valence-electron chi connectivity index (χ0n) is 36.8. The van der Waals surface area contributed by atoms with Crippen LogP contribution in [-0.4, -0.2) is 139 Å². The summed E-state index contributed by atoms with van der Waals surface area (Å²) in [6.07, 6.45) is 6.65. The van der Waals surface area contributed by atoms with Gasteiger partial charge in [-0.2, -0.15) is 0 Å². The Morgan fingerprint density at radius 2 is 0.929 bits per heavy atom. The van der Waals surface area contributed by atoms with Crippen LogP contribution in [-0.2, 0) is 40.2 Å². The van der Waals surface area contributed by atoms with Gasteiger partial charge in [0.1, 0.15) is 34.2 Å². The minimum absolute atomic E-state index is 0.000722. The van der Waals surface area contributed by atoms with E-state index in [0.717, 1.165) is 74.3 Å². The molecule has 0 atom stereocenters. The fourth-order valence-corrected chi connectivity index (χ4v) is 10.6. The van der Waals surface area contributed by atoms with E-state index in [1.54, 1.807) is 21.6 Å². The van der Waals surface area contributed by atoms with Crippen LogP contribution in [0, 0.1) is 0 Å². The summed E-state index contributed by atoms with van der Waals surface area (Å²) in [5.41, 5.74) is 0.755. The number of hydrogen-bond acceptors (Lipinski definition) is 18. The number of ether oxygens (including phenoxy) is 4. The van der Waals surface area contributed by atoms with Crippen LogP contribution in [0.25, 0.3) is 22.5 Å². The Bertz CT molecular complexity index is 2590. The van der Waals surface area contributed by atoms with Gasteiger partial charge >= 0.3 is 23.9 Å². The van der Waals surface area contributed by atoms with Crippen molar-refractivity contribution in [2.45, 2.75) is 62.9 Å². The molecule has 4 aromatic rings. The molecule has 0 aromatic carbocycles. The molecule has 6 heterocycles. The molecule has 2 fully saturated rings. The van der Waals surface area contributed by atoms with Crippen LogP contribution < -0.4 is 11.0 Å². The average molecular weight is 1010 g/mol. The van der Waals surface area contributed by atoms with Gasteiger partial charge < -0.3 is 49.3 Å². The van der Waals surface area contributed by atoms with Crippen molar-refractivity contribution in [2.24, 2.45) is 0 Å². The summed E-state index contributed by atoms with van der Waals surface area (Å²) in [5, 5.41) is 39.2. The third kappa shape index (κ3) is 9.67. The molecule has 24 nitrogen and oxygen atoms in total. The molecule has 2 aliphatic carbocycles. The van der Waals surface area contributed by atoms with E-state index in [1.807, 2.05) is 0 Å². The smallest absolute Gasteiger partial charge is 0.352 e. The molecule has 8 rings (SSSR count). The number of pyridine rings is 2. The zero-order valence-corrected chi connectivity index (χ0v) is 38.5. The van der Waals surface area contributed by atoms with Crippen LogP contribution in [0.4, 0.5) is 0 Å². The van der Waals surface area contributed by atoms with Crippen molar-refractivity contribution in [3.8, 4) is 22.5 Å². The number of ketones is 2. The molecular formula is C44H44N6O18S2. The first-order chi connectivity index (χ1) is 33.7. The molecule has 8 N–H and O–H groups in total. The topological polar surface area (TPSA) is 354 Å². The largest absolute Gasteiger partial charge is 0.478 e. The first-order valence-electron chi connectivity index (χ1n) is 21.9. The summed E-state index contributed by atoms with van der Waals surface area (Å²) in [4.78, 5) is 126. The predicted molar refractivity (Wildman–Crippen MR) is 240 cm³/mol. The number of carboxylic acids is 4. The molecule has 0 bridgehead atoms. The van der Waals surface area contributed by atoms with Gasteiger partial charge in [-0.25, -0.2) is 40.1 Å². The summed E-state index contributed by atoms with van der Waals surface area (Å²) in [5.74, 6) is -11.5. The minimum Gasteiger partial charge on any atom is -0.478 e. The fourth-order valence-electron chi connectivity index (χ4n) is 8.34. The fraction of sp³-hybridized carbons (Fsp3) is 0.409. The molecule has 2 aliphatic heterocycles. The molecule has 4 aliphatic rings. The molecule has 2 amide bonds. The van der Waals surface area contributed by atoms with E-state index in [0.29, 0.717) is 12.8 Å². The lowest BCUT2D eigenvalue weighted by atomic mass is 9.85. The minimum atomic E-state index is -2.05. The SMILES string of the molecule is O=C(NOCCCCCCSSCCCCCCONC(=O)c1cc(C(=O)O)c2c(n1)C(=O)C1(OCCO1)c1cc(C(=O)O)[nH]c1-2)c1cc(C(=O)O)c2c(n1)C(=O)C1(OCCO1)c1cc(C(=O)O)[nH]c1-2. The molecule has 2 spiro atoms. The Morgan fingerprint density at radius 1 is 0.557 bits per heavy atom. The molecule has 70 heavy (non-hydrogen) atoms. The number of aromatic amines is 2. The average Bonchev–Trinajstić information content (AvgIpc) is 4.19. The highest BCUT2D eigenvalue weighted by Gasteiger charge is 2.56. The molecule has 0 saturated carbocycles. The van der Waals surface area contributed by atoms with E-state index in [1.165, 1.54) is 0 Å². The van der Waals surface area contributed by atoms with Crippen LogP contribution in [0.3, 0.4) is 0 Å². The monoisotopic (exact) mass is 1010 g/mol. The number of hydroxylamine groups is 2. The van der Waals surface area contributed by atoms with Crippen LogP contribution in [0.15, 0.2) is 24.3 Å². The first-order valence-corrected chi connectivity index (χ1v) is 24.4. The number of aromatic carboxylic acids is 4. The van der Waals surface area contributed by atoms with Gasteiger partial charge in [0, 0.05) is 33.8 Å². The van der Waals surface area contributed by atoms with E-state index in [-0.39, 0.29) is 84.7 Å². The van der Waals surface area contributed by atoms with Gasteiger partial charge in [-0.1, -0.05) is 47.3 Å². The predicted octanol–water partition coefficient (Wildman–Crippen LogP) is 4.58. The molecule has 26 heteroatoms. The lowest BCUT2D eigenvalue weighted by molar-refractivity contribution is -0.126. The number of carbonyl (C=O) groups excluding carboxylic acids is 4. The highest BCUT2D eigenvalue weighted by Crippen LogP contribution is 2.49. The van der Waals surface area contributed by atoms with E-state index in [4.69, 9.17) is 28.6 Å². The third-order valence-corrected chi connectivity index (χ3v) is 14.1. The van der Waals surface area contributed by atoms with E-state index in [9.17, 15) is 58.8 Å². The standard InChI is InChI=1S/C44H44N6O18S2/c51-35-33-29(31-23(19-27(47-31)41(59)60)43(35)63-11-12-64-43)21(39(55)56)17-25(45-33)37(53)49-67-9-5-1-3-7-15-69-70-16-8-4-2-6-10-68-50-38(54)26-18-22(40(57)58)30-32-24(20-28(48-32)42(61)62)44(65-13-14-66-44)36(52)34(30)46-26/h17-20,47-48H,1-16H2,(H,49,53)(H,50,54)(H,55,56)(H,57,58)(H,59,60)(H,61,62). The lowest BCUT2D eigenvalue weighted by Crippen LogP contribution is -2.41. The van der Waals surface area contributed by atoms with Crippen LogP contribution in [0.2, 0.25) is 0 Å². The number of rotatable bonds is 23. The molecule has 0 radical (unpaired) electrons. The van der Waals surface area contributed by atoms with Crippen molar-refractivity contribution in [3.63, 3.8) is 0 Å². The second-order valence-corrected chi connectivity index (χ2v) is 18.7. The van der Waals surface area contributed by atoms with Crippen molar-refractivity contribution >= 4 is 68.8 Å². The maximum Gasteiger partial charge on any atom is 0.352 e. The number of carbonyl (C=O) groups is 8. The van der Waals surface area contributed by atoms with E-state index in [2.05, 4.69) is 30.9 Å². The summed E-state index contributed by atoms with van der Waals surface area (Å²) < 4.78 is 22.6. The number of amides is 2. The second kappa shape index (κ2) is 21.2.